The lowest BCUT2D eigenvalue weighted by molar-refractivity contribution is -0.198. The summed E-state index contributed by atoms with van der Waals surface area (Å²) in [4.78, 5) is 37.7. The molecule has 2 amide bonds. The monoisotopic (exact) mass is 264 g/mol. The molecule has 0 radical (unpaired) electrons. The maximum atomic E-state index is 11.2. The summed E-state index contributed by atoms with van der Waals surface area (Å²) in [5.41, 5.74) is 5.34. The zero-order valence-electron chi connectivity index (χ0n) is 7.45. The lowest BCUT2D eigenvalue weighted by atomic mass is 10.4. The number of hydrogen-bond donors (Lipinski definition) is 1. The highest BCUT2D eigenvalue weighted by Crippen LogP contribution is 2.17. The van der Waals surface area contributed by atoms with Crippen molar-refractivity contribution in [3.05, 3.63) is 0 Å². The Kier molecular flexibility index (Phi) is 2.91. The third kappa shape index (κ3) is 2.30. The number of rotatable bonds is 2. The van der Waals surface area contributed by atoms with E-state index in [2.05, 4.69) is 20.8 Å². The number of nitrogens with zero attached hydrogens (tertiary/aromatic N) is 1. The fourth-order valence-corrected chi connectivity index (χ4v) is 0.902. The lowest BCUT2D eigenvalue weighted by Crippen LogP contribution is -2.44. The van der Waals surface area contributed by atoms with Gasteiger partial charge in [-0.05, 0) is 6.92 Å². The highest BCUT2D eigenvalue weighted by atomic mass is 79.9. The van der Waals surface area contributed by atoms with Gasteiger partial charge in [0.25, 0.3) is 11.8 Å². The molecule has 0 saturated carbocycles. The Morgan fingerprint density at radius 1 is 1.50 bits per heavy atom. The summed E-state index contributed by atoms with van der Waals surface area (Å²) < 4.78 is -1.41. The number of hydroxylamine groups is 2. The molecule has 1 aliphatic heterocycles. The Morgan fingerprint density at radius 2 is 1.93 bits per heavy atom. The Morgan fingerprint density at radius 3 is 2.29 bits per heavy atom. The van der Waals surface area contributed by atoms with E-state index in [1.807, 2.05) is 0 Å². The van der Waals surface area contributed by atoms with Gasteiger partial charge in [-0.3, -0.25) is 9.59 Å². The number of halogens is 1. The smallest absolute Gasteiger partial charge is 0.327 e. The third-order valence-corrected chi connectivity index (χ3v) is 1.90. The molecule has 0 bridgehead atoms. The Balaban J connectivity index is 2.65. The van der Waals surface area contributed by atoms with Crippen molar-refractivity contribution in [2.24, 2.45) is 5.73 Å². The zero-order chi connectivity index (χ0) is 10.9. The van der Waals surface area contributed by atoms with Crippen LogP contribution in [0, 0.1) is 0 Å². The largest absolute Gasteiger partial charge is 0.363 e. The van der Waals surface area contributed by atoms with E-state index in [0.29, 0.717) is 5.06 Å². The highest BCUT2D eigenvalue weighted by molar-refractivity contribution is 9.10. The van der Waals surface area contributed by atoms with Gasteiger partial charge in [-0.1, -0.05) is 15.9 Å². The minimum atomic E-state index is -1.41. The van der Waals surface area contributed by atoms with Gasteiger partial charge >= 0.3 is 5.97 Å². The summed E-state index contributed by atoms with van der Waals surface area (Å²) in [5, 5.41) is 0.453. The Hall–Kier alpha value is -0.950. The molecule has 78 valence electrons. The first-order chi connectivity index (χ1) is 6.32. The highest BCUT2D eigenvalue weighted by Gasteiger charge is 2.37. The van der Waals surface area contributed by atoms with E-state index in [1.165, 1.54) is 6.92 Å². The van der Waals surface area contributed by atoms with Crippen LogP contribution in [0.5, 0.6) is 0 Å². The van der Waals surface area contributed by atoms with Gasteiger partial charge in [-0.25, -0.2) is 4.79 Å². The van der Waals surface area contributed by atoms with Gasteiger partial charge in [0.2, 0.25) is 0 Å². The second-order valence-corrected chi connectivity index (χ2v) is 4.68. The topological polar surface area (TPSA) is 89.7 Å². The molecule has 6 nitrogen and oxygen atoms in total. The minimum Gasteiger partial charge on any atom is -0.327 e. The molecule has 2 N–H and O–H groups in total. The Labute approximate surface area is 88.4 Å². The third-order valence-electron chi connectivity index (χ3n) is 1.58. The zero-order valence-corrected chi connectivity index (χ0v) is 9.04. The summed E-state index contributed by atoms with van der Waals surface area (Å²) in [6.07, 6.45) is 0.130. The molecule has 0 aliphatic carbocycles. The van der Waals surface area contributed by atoms with Crippen LogP contribution in [0.4, 0.5) is 0 Å². The molecule has 1 rings (SSSR count). The van der Waals surface area contributed by atoms with Gasteiger partial charge in [-0.15, -0.1) is 5.06 Å². The number of amides is 2. The number of imide groups is 1. The fraction of sp³-hybridized carbons (Fsp3) is 0.571. The summed E-state index contributed by atoms with van der Waals surface area (Å²) >= 11 is 2.85. The molecule has 1 atom stereocenters. The molecule has 1 heterocycles. The van der Waals surface area contributed by atoms with E-state index < -0.39 is 22.2 Å². The van der Waals surface area contributed by atoms with Crippen molar-refractivity contribution in [1.29, 1.82) is 0 Å². The lowest BCUT2D eigenvalue weighted by Gasteiger charge is -2.18. The number of alkyl halides is 1. The first kappa shape index (κ1) is 11.1. The molecular weight excluding hydrogens is 256 g/mol. The number of hydrogen-bond acceptors (Lipinski definition) is 5. The van der Waals surface area contributed by atoms with Crippen molar-refractivity contribution >= 4 is 33.7 Å². The van der Waals surface area contributed by atoms with Crippen LogP contribution < -0.4 is 5.73 Å². The number of carbonyl (C=O) groups excluding carboxylic acids is 3. The van der Waals surface area contributed by atoms with Gasteiger partial charge in [0.15, 0.2) is 4.45 Å². The molecule has 0 aromatic rings. The molecule has 7 heteroatoms. The van der Waals surface area contributed by atoms with E-state index in [9.17, 15) is 14.4 Å². The van der Waals surface area contributed by atoms with Crippen LogP contribution in [-0.2, 0) is 19.2 Å². The van der Waals surface area contributed by atoms with Gasteiger partial charge in [0, 0.05) is 12.8 Å². The predicted molar refractivity (Wildman–Crippen MR) is 48.7 cm³/mol. The van der Waals surface area contributed by atoms with E-state index in [4.69, 9.17) is 5.73 Å². The van der Waals surface area contributed by atoms with Crippen molar-refractivity contribution in [3.63, 3.8) is 0 Å². The minimum absolute atomic E-state index is 0.0652. The van der Waals surface area contributed by atoms with E-state index in [-0.39, 0.29) is 12.8 Å². The summed E-state index contributed by atoms with van der Waals surface area (Å²) in [6, 6.07) is 0. The van der Waals surface area contributed by atoms with Gasteiger partial charge in [0.05, 0.1) is 0 Å². The van der Waals surface area contributed by atoms with Crippen molar-refractivity contribution in [3.8, 4) is 0 Å². The quantitative estimate of drug-likeness (QED) is 0.419. The van der Waals surface area contributed by atoms with Gasteiger partial charge in [-0.2, -0.15) is 0 Å². The molecule has 1 saturated heterocycles. The standard InChI is InChI=1S/C7H9BrN2O4/c1-7(8,9)6(13)14-10-4(11)2-3-5(10)12/h2-3,9H2,1H3. The molecule has 14 heavy (non-hydrogen) atoms. The maximum Gasteiger partial charge on any atom is 0.363 e. The second-order valence-electron chi connectivity index (χ2n) is 3.04. The van der Waals surface area contributed by atoms with Crippen molar-refractivity contribution < 1.29 is 19.2 Å². The van der Waals surface area contributed by atoms with Crippen molar-refractivity contribution in [2.45, 2.75) is 24.2 Å². The van der Waals surface area contributed by atoms with Crippen LogP contribution in [0.15, 0.2) is 0 Å². The average Bonchev–Trinajstić information content (AvgIpc) is 2.34. The van der Waals surface area contributed by atoms with E-state index >= 15 is 0 Å². The van der Waals surface area contributed by atoms with Crippen LogP contribution in [0.1, 0.15) is 19.8 Å². The number of carbonyl (C=O) groups is 3. The normalized spacial score (nSPS) is 20.9. The average molecular weight is 265 g/mol. The maximum absolute atomic E-state index is 11.2. The molecule has 0 aromatic carbocycles. The van der Waals surface area contributed by atoms with Crippen LogP contribution in [0.2, 0.25) is 0 Å². The van der Waals surface area contributed by atoms with Crippen LogP contribution in [-0.4, -0.2) is 27.3 Å². The van der Waals surface area contributed by atoms with E-state index in [0.717, 1.165) is 0 Å². The number of nitrogens with two attached hydrogens (primary N) is 1. The summed E-state index contributed by atoms with van der Waals surface area (Å²) in [5.74, 6) is -1.94. The SMILES string of the molecule is CC(N)(Br)C(=O)ON1C(=O)CCC1=O. The summed E-state index contributed by atoms with van der Waals surface area (Å²) in [6.45, 7) is 1.35. The summed E-state index contributed by atoms with van der Waals surface area (Å²) in [7, 11) is 0. The fourth-order valence-electron chi connectivity index (χ4n) is 0.830. The first-order valence-corrected chi connectivity index (χ1v) is 4.67. The molecule has 1 unspecified atom stereocenters. The van der Waals surface area contributed by atoms with Crippen LogP contribution in [0.25, 0.3) is 0 Å². The van der Waals surface area contributed by atoms with Gasteiger partial charge < -0.3 is 10.6 Å². The molecule has 0 spiro atoms. The second kappa shape index (κ2) is 3.66. The molecule has 0 aromatic heterocycles. The molecule has 1 fully saturated rings. The van der Waals surface area contributed by atoms with Crippen LogP contribution >= 0.6 is 15.9 Å². The van der Waals surface area contributed by atoms with Crippen LogP contribution in [0.3, 0.4) is 0 Å². The predicted octanol–water partition coefficient (Wildman–Crippen LogP) is -0.337. The first-order valence-electron chi connectivity index (χ1n) is 3.88. The van der Waals surface area contributed by atoms with Gasteiger partial charge in [0.1, 0.15) is 0 Å². The molecular formula is C7H9BrN2O4. The molecule has 1 aliphatic rings. The van der Waals surface area contributed by atoms with Crippen molar-refractivity contribution in [2.75, 3.05) is 0 Å². The van der Waals surface area contributed by atoms with Crippen molar-refractivity contribution in [1.82, 2.24) is 5.06 Å². The Bertz CT molecular complexity index is 281. The van der Waals surface area contributed by atoms with E-state index in [1.54, 1.807) is 0 Å².